The van der Waals surface area contributed by atoms with E-state index in [1.54, 1.807) is 7.11 Å². The molecule has 1 aliphatic heterocycles. The van der Waals surface area contributed by atoms with Gasteiger partial charge in [0.25, 0.3) is 0 Å². The quantitative estimate of drug-likeness (QED) is 0.801. The van der Waals surface area contributed by atoms with Gasteiger partial charge in [-0.3, -0.25) is 4.79 Å². The van der Waals surface area contributed by atoms with Crippen LogP contribution in [0.1, 0.15) is 40.5 Å². The third-order valence-electron chi connectivity index (χ3n) is 4.44. The maximum absolute atomic E-state index is 12.2. The number of amides is 1. The second-order valence-corrected chi connectivity index (χ2v) is 6.99. The Bertz CT molecular complexity index is 286. The molecule has 1 atom stereocenters. The van der Waals surface area contributed by atoms with Crippen LogP contribution in [0.2, 0.25) is 0 Å². The molecule has 1 rings (SSSR count). The standard InChI is InChI=1S/C15H30N2O2/c1-12(14(2,3)4)13(18)17-10-15(11-19-5)6-8-16-9-7-15/h12,16H,6-11H2,1-5H3,(H,17,18). The Labute approximate surface area is 117 Å². The van der Waals surface area contributed by atoms with Crippen LogP contribution in [0.3, 0.4) is 0 Å². The van der Waals surface area contributed by atoms with Crippen LogP contribution < -0.4 is 10.6 Å². The van der Waals surface area contributed by atoms with Crippen molar-refractivity contribution in [3.05, 3.63) is 0 Å². The molecule has 0 saturated carbocycles. The minimum atomic E-state index is 0.00657. The number of nitrogens with one attached hydrogen (secondary N) is 2. The highest BCUT2D eigenvalue weighted by Gasteiger charge is 2.34. The highest BCUT2D eigenvalue weighted by Crippen LogP contribution is 2.29. The first-order valence-corrected chi connectivity index (χ1v) is 7.28. The van der Waals surface area contributed by atoms with E-state index in [0.29, 0.717) is 0 Å². The first-order chi connectivity index (χ1) is 8.81. The van der Waals surface area contributed by atoms with Crippen molar-refractivity contribution in [3.63, 3.8) is 0 Å². The van der Waals surface area contributed by atoms with Gasteiger partial charge < -0.3 is 15.4 Å². The third-order valence-corrected chi connectivity index (χ3v) is 4.44. The number of hydrogen-bond acceptors (Lipinski definition) is 3. The number of hydrogen-bond donors (Lipinski definition) is 2. The van der Waals surface area contributed by atoms with E-state index in [1.165, 1.54) is 0 Å². The van der Waals surface area contributed by atoms with Gasteiger partial charge in [-0.15, -0.1) is 0 Å². The number of carbonyl (C=O) groups is 1. The summed E-state index contributed by atoms with van der Waals surface area (Å²) in [6, 6.07) is 0. The molecule has 0 aromatic rings. The van der Waals surface area contributed by atoms with Crippen LogP contribution in [0.15, 0.2) is 0 Å². The van der Waals surface area contributed by atoms with E-state index in [9.17, 15) is 4.79 Å². The molecule has 2 N–H and O–H groups in total. The topological polar surface area (TPSA) is 50.4 Å². The van der Waals surface area contributed by atoms with Crippen LogP contribution in [-0.2, 0) is 9.53 Å². The summed E-state index contributed by atoms with van der Waals surface area (Å²) in [5.41, 5.74) is 0.111. The smallest absolute Gasteiger partial charge is 0.223 e. The fraction of sp³-hybridized carbons (Fsp3) is 0.933. The summed E-state index contributed by atoms with van der Waals surface area (Å²) in [5, 5.41) is 6.50. The molecule has 1 unspecified atom stereocenters. The molecular formula is C15H30N2O2. The van der Waals surface area contributed by atoms with E-state index in [0.717, 1.165) is 39.1 Å². The normalized spacial score (nSPS) is 20.9. The zero-order chi connectivity index (χ0) is 14.5. The summed E-state index contributed by atoms with van der Waals surface area (Å²) in [5.74, 6) is 0.176. The Hall–Kier alpha value is -0.610. The van der Waals surface area contributed by atoms with Crippen LogP contribution in [0, 0.1) is 16.7 Å². The van der Waals surface area contributed by atoms with Crippen LogP contribution in [0.4, 0.5) is 0 Å². The molecule has 1 amide bonds. The zero-order valence-corrected chi connectivity index (χ0v) is 13.1. The maximum Gasteiger partial charge on any atom is 0.223 e. The van der Waals surface area contributed by atoms with Gasteiger partial charge in [-0.25, -0.2) is 0 Å². The van der Waals surface area contributed by atoms with Crippen molar-refractivity contribution in [2.24, 2.45) is 16.7 Å². The Morgan fingerprint density at radius 1 is 1.37 bits per heavy atom. The van der Waals surface area contributed by atoms with Crippen molar-refractivity contribution >= 4 is 5.91 Å². The van der Waals surface area contributed by atoms with Crippen molar-refractivity contribution < 1.29 is 9.53 Å². The molecule has 0 spiro atoms. The van der Waals surface area contributed by atoms with E-state index in [-0.39, 0.29) is 22.7 Å². The predicted octanol–water partition coefficient (Wildman–Crippen LogP) is 1.80. The molecular weight excluding hydrogens is 240 g/mol. The molecule has 0 bridgehead atoms. The molecule has 112 valence electrons. The maximum atomic E-state index is 12.2. The van der Waals surface area contributed by atoms with E-state index in [4.69, 9.17) is 4.74 Å². The van der Waals surface area contributed by atoms with E-state index < -0.39 is 0 Å². The van der Waals surface area contributed by atoms with Crippen LogP contribution in [-0.4, -0.2) is 39.3 Å². The van der Waals surface area contributed by atoms with E-state index >= 15 is 0 Å². The van der Waals surface area contributed by atoms with Gasteiger partial charge in [0.05, 0.1) is 6.61 Å². The summed E-state index contributed by atoms with van der Waals surface area (Å²) in [6.07, 6.45) is 2.12. The lowest BCUT2D eigenvalue weighted by Gasteiger charge is -2.38. The molecule has 0 aliphatic carbocycles. The fourth-order valence-corrected chi connectivity index (χ4v) is 2.46. The number of methoxy groups -OCH3 is 1. The van der Waals surface area contributed by atoms with E-state index in [1.807, 2.05) is 6.92 Å². The summed E-state index contributed by atoms with van der Waals surface area (Å²) in [6.45, 7) is 11.8. The monoisotopic (exact) mass is 270 g/mol. The van der Waals surface area contributed by atoms with Gasteiger partial charge in [-0.1, -0.05) is 27.7 Å². The lowest BCUT2D eigenvalue weighted by Crippen LogP contribution is -2.48. The SMILES string of the molecule is COCC1(CNC(=O)C(C)C(C)(C)C)CCNCC1. The molecule has 4 heteroatoms. The Morgan fingerprint density at radius 3 is 2.42 bits per heavy atom. The zero-order valence-electron chi connectivity index (χ0n) is 13.1. The molecule has 1 aliphatic rings. The van der Waals surface area contributed by atoms with Crippen LogP contribution in [0.25, 0.3) is 0 Å². The van der Waals surface area contributed by atoms with Gasteiger partial charge >= 0.3 is 0 Å². The summed E-state index contributed by atoms with van der Waals surface area (Å²) in [4.78, 5) is 12.2. The second-order valence-electron chi connectivity index (χ2n) is 6.99. The summed E-state index contributed by atoms with van der Waals surface area (Å²) in [7, 11) is 1.74. The van der Waals surface area contributed by atoms with Gasteiger partial charge in [0.15, 0.2) is 0 Å². The van der Waals surface area contributed by atoms with Crippen molar-refractivity contribution in [1.82, 2.24) is 10.6 Å². The van der Waals surface area contributed by atoms with Crippen molar-refractivity contribution in [2.45, 2.75) is 40.5 Å². The van der Waals surface area contributed by atoms with Crippen LogP contribution in [0.5, 0.6) is 0 Å². The molecule has 1 heterocycles. The number of rotatable bonds is 5. The highest BCUT2D eigenvalue weighted by atomic mass is 16.5. The Kier molecular flexibility index (Phi) is 5.81. The van der Waals surface area contributed by atoms with Gasteiger partial charge in [-0.05, 0) is 31.3 Å². The number of carbonyl (C=O) groups excluding carboxylic acids is 1. The predicted molar refractivity (Wildman–Crippen MR) is 78.0 cm³/mol. The number of piperidine rings is 1. The average molecular weight is 270 g/mol. The lowest BCUT2D eigenvalue weighted by molar-refractivity contribution is -0.128. The molecule has 0 aromatic heterocycles. The summed E-state index contributed by atoms with van der Waals surface area (Å²) < 4.78 is 5.37. The molecule has 19 heavy (non-hydrogen) atoms. The van der Waals surface area contributed by atoms with Gasteiger partial charge in [0.2, 0.25) is 5.91 Å². The minimum absolute atomic E-state index is 0.00657. The molecule has 1 saturated heterocycles. The van der Waals surface area contributed by atoms with E-state index in [2.05, 4.69) is 31.4 Å². The Balaban J connectivity index is 2.54. The van der Waals surface area contributed by atoms with Crippen molar-refractivity contribution in [3.8, 4) is 0 Å². The first kappa shape index (κ1) is 16.4. The molecule has 0 aromatic carbocycles. The lowest BCUT2D eigenvalue weighted by atomic mass is 9.78. The van der Waals surface area contributed by atoms with Crippen LogP contribution >= 0.6 is 0 Å². The van der Waals surface area contributed by atoms with Gasteiger partial charge in [0, 0.05) is 25.0 Å². The van der Waals surface area contributed by atoms with Crippen molar-refractivity contribution in [2.75, 3.05) is 33.4 Å². The van der Waals surface area contributed by atoms with Gasteiger partial charge in [-0.2, -0.15) is 0 Å². The minimum Gasteiger partial charge on any atom is -0.384 e. The summed E-state index contributed by atoms with van der Waals surface area (Å²) >= 11 is 0. The van der Waals surface area contributed by atoms with Gasteiger partial charge in [0.1, 0.15) is 0 Å². The molecule has 4 nitrogen and oxygen atoms in total. The van der Waals surface area contributed by atoms with Crippen molar-refractivity contribution in [1.29, 1.82) is 0 Å². The average Bonchev–Trinajstić information content (AvgIpc) is 2.35. The first-order valence-electron chi connectivity index (χ1n) is 7.28. The second kappa shape index (κ2) is 6.71. The highest BCUT2D eigenvalue weighted by molar-refractivity contribution is 5.79. The third kappa shape index (κ3) is 4.77. The largest absolute Gasteiger partial charge is 0.384 e. The molecule has 1 fully saturated rings. The molecule has 0 radical (unpaired) electrons. The fourth-order valence-electron chi connectivity index (χ4n) is 2.46. The number of ether oxygens (including phenoxy) is 1. The Morgan fingerprint density at radius 2 is 1.95 bits per heavy atom.